The standard InChI is InChI=1S/C17H14N6O2/c1-4-12(10-18-7-1)14-20-16(24-21-14)17-6-3-9-23(17)15(22-25-17)13-5-2-8-19-11-13/h1-2,4-5,7-8,10-11H,3,6,9H2. The normalized spacial score (nSPS) is 21.8. The Labute approximate surface area is 143 Å². The predicted molar refractivity (Wildman–Crippen MR) is 87.0 cm³/mol. The first-order chi connectivity index (χ1) is 12.4. The van der Waals surface area contributed by atoms with Crippen molar-refractivity contribution in [2.75, 3.05) is 6.54 Å². The monoisotopic (exact) mass is 334 g/mol. The summed E-state index contributed by atoms with van der Waals surface area (Å²) < 4.78 is 5.55. The van der Waals surface area contributed by atoms with Crippen LogP contribution >= 0.6 is 0 Å². The molecular formula is C17H14N6O2. The van der Waals surface area contributed by atoms with Crippen molar-refractivity contribution >= 4 is 5.84 Å². The van der Waals surface area contributed by atoms with Crippen molar-refractivity contribution < 1.29 is 9.36 Å². The molecule has 0 bridgehead atoms. The molecule has 1 saturated heterocycles. The van der Waals surface area contributed by atoms with E-state index in [4.69, 9.17) is 9.36 Å². The van der Waals surface area contributed by atoms with Gasteiger partial charge in [0.15, 0.2) is 5.84 Å². The van der Waals surface area contributed by atoms with E-state index in [0.29, 0.717) is 11.7 Å². The van der Waals surface area contributed by atoms with Crippen molar-refractivity contribution in [2.45, 2.75) is 18.6 Å². The van der Waals surface area contributed by atoms with E-state index < -0.39 is 5.72 Å². The van der Waals surface area contributed by atoms with E-state index in [1.165, 1.54) is 0 Å². The fourth-order valence-corrected chi connectivity index (χ4v) is 3.29. The molecular weight excluding hydrogens is 320 g/mol. The molecule has 0 amide bonds. The summed E-state index contributed by atoms with van der Waals surface area (Å²) >= 11 is 0. The summed E-state index contributed by atoms with van der Waals surface area (Å²) in [5, 5.41) is 8.37. The van der Waals surface area contributed by atoms with E-state index in [1.54, 1.807) is 24.8 Å². The van der Waals surface area contributed by atoms with E-state index in [9.17, 15) is 0 Å². The maximum absolute atomic E-state index is 5.84. The van der Waals surface area contributed by atoms with Crippen molar-refractivity contribution in [3.8, 4) is 11.4 Å². The van der Waals surface area contributed by atoms with E-state index in [0.717, 1.165) is 36.3 Å². The largest absolute Gasteiger partial charge is 0.355 e. The van der Waals surface area contributed by atoms with Crippen LogP contribution in [0.1, 0.15) is 24.3 Å². The molecule has 3 aromatic rings. The van der Waals surface area contributed by atoms with E-state index in [2.05, 4.69) is 30.2 Å². The van der Waals surface area contributed by atoms with Gasteiger partial charge in [0, 0.05) is 48.9 Å². The van der Waals surface area contributed by atoms with Gasteiger partial charge < -0.3 is 14.3 Å². The second kappa shape index (κ2) is 5.37. The molecule has 0 aliphatic carbocycles. The molecule has 3 aromatic heterocycles. The summed E-state index contributed by atoms with van der Waals surface area (Å²) in [6, 6.07) is 7.56. The lowest BCUT2D eigenvalue weighted by Crippen LogP contribution is -2.41. The zero-order chi connectivity index (χ0) is 16.7. The number of rotatable bonds is 3. The lowest BCUT2D eigenvalue weighted by Gasteiger charge is -2.26. The SMILES string of the molecule is c1cncc(C2=NOC3(c4nc(-c5cccnc5)no4)CCCN23)c1. The van der Waals surface area contributed by atoms with Gasteiger partial charge in [-0.3, -0.25) is 9.97 Å². The van der Waals surface area contributed by atoms with E-state index >= 15 is 0 Å². The van der Waals surface area contributed by atoms with Gasteiger partial charge in [-0.1, -0.05) is 10.3 Å². The first-order valence-electron chi connectivity index (χ1n) is 8.06. The Bertz CT molecular complexity index is 927. The average Bonchev–Trinajstić information content (AvgIpc) is 3.38. The van der Waals surface area contributed by atoms with Crippen molar-refractivity contribution in [3.63, 3.8) is 0 Å². The van der Waals surface area contributed by atoms with E-state index in [1.807, 2.05) is 24.3 Å². The second-order valence-electron chi connectivity index (χ2n) is 5.95. The highest BCUT2D eigenvalue weighted by Gasteiger charge is 2.55. The highest BCUT2D eigenvalue weighted by Crippen LogP contribution is 2.44. The van der Waals surface area contributed by atoms with Gasteiger partial charge >= 0.3 is 0 Å². The molecule has 0 radical (unpaired) electrons. The zero-order valence-corrected chi connectivity index (χ0v) is 13.2. The number of pyridine rings is 2. The predicted octanol–water partition coefficient (Wildman–Crippen LogP) is 2.17. The van der Waals surface area contributed by atoms with Crippen molar-refractivity contribution in [1.82, 2.24) is 25.0 Å². The van der Waals surface area contributed by atoms with Crippen molar-refractivity contribution in [2.24, 2.45) is 5.16 Å². The van der Waals surface area contributed by atoms with Crippen LogP contribution < -0.4 is 0 Å². The number of hydrogen-bond acceptors (Lipinski definition) is 8. The van der Waals surface area contributed by atoms with Crippen LogP contribution in [0.2, 0.25) is 0 Å². The van der Waals surface area contributed by atoms with Gasteiger partial charge in [-0.05, 0) is 30.7 Å². The Morgan fingerprint density at radius 2 is 1.84 bits per heavy atom. The Balaban J connectivity index is 1.51. The Kier molecular flexibility index (Phi) is 3.03. The molecule has 0 spiro atoms. The minimum atomic E-state index is -0.835. The molecule has 5 heterocycles. The molecule has 25 heavy (non-hydrogen) atoms. The molecule has 2 aliphatic rings. The maximum atomic E-state index is 5.84. The smallest absolute Gasteiger partial charge is 0.295 e. The molecule has 8 heteroatoms. The summed E-state index contributed by atoms with van der Waals surface area (Å²) in [6.07, 6.45) is 8.58. The number of fused-ring (bicyclic) bond motifs is 1. The highest BCUT2D eigenvalue weighted by molar-refractivity contribution is 5.99. The average molecular weight is 334 g/mol. The van der Waals surface area contributed by atoms with Gasteiger partial charge in [0.1, 0.15) is 0 Å². The minimum Gasteiger partial charge on any atom is -0.355 e. The van der Waals surface area contributed by atoms with Crippen LogP contribution in [0.25, 0.3) is 11.4 Å². The van der Waals surface area contributed by atoms with Gasteiger partial charge in [0.25, 0.3) is 11.6 Å². The third-order valence-corrected chi connectivity index (χ3v) is 4.47. The molecule has 1 unspecified atom stereocenters. The second-order valence-corrected chi connectivity index (χ2v) is 5.95. The lowest BCUT2D eigenvalue weighted by molar-refractivity contribution is -0.106. The van der Waals surface area contributed by atoms with Crippen LogP contribution in [-0.2, 0) is 10.6 Å². The van der Waals surface area contributed by atoms with Crippen LogP contribution in [0.5, 0.6) is 0 Å². The maximum Gasteiger partial charge on any atom is 0.295 e. The number of amidine groups is 1. The van der Waals surface area contributed by atoms with Crippen LogP contribution in [0.15, 0.2) is 58.7 Å². The molecule has 0 N–H and O–H groups in total. The number of aromatic nitrogens is 4. The van der Waals surface area contributed by atoms with Crippen LogP contribution in [-0.4, -0.2) is 37.4 Å². The van der Waals surface area contributed by atoms with Crippen LogP contribution in [0, 0.1) is 0 Å². The van der Waals surface area contributed by atoms with Crippen molar-refractivity contribution in [3.05, 3.63) is 60.5 Å². The summed E-state index contributed by atoms with van der Waals surface area (Å²) in [7, 11) is 0. The Morgan fingerprint density at radius 3 is 2.60 bits per heavy atom. The van der Waals surface area contributed by atoms with Crippen molar-refractivity contribution in [1.29, 1.82) is 0 Å². The van der Waals surface area contributed by atoms with Gasteiger partial charge in [-0.15, -0.1) is 0 Å². The van der Waals surface area contributed by atoms with Crippen LogP contribution in [0.3, 0.4) is 0 Å². The molecule has 0 aromatic carbocycles. The Morgan fingerprint density at radius 1 is 1.04 bits per heavy atom. The third kappa shape index (κ3) is 2.10. The molecule has 2 aliphatic heterocycles. The molecule has 8 nitrogen and oxygen atoms in total. The first-order valence-corrected chi connectivity index (χ1v) is 8.06. The van der Waals surface area contributed by atoms with Gasteiger partial charge in [0.2, 0.25) is 5.82 Å². The van der Waals surface area contributed by atoms with Crippen LogP contribution in [0.4, 0.5) is 0 Å². The lowest BCUT2D eigenvalue weighted by atomic mass is 10.1. The summed E-state index contributed by atoms with van der Waals surface area (Å²) in [5.41, 5.74) is 0.863. The highest BCUT2D eigenvalue weighted by atomic mass is 16.7. The topological polar surface area (TPSA) is 89.5 Å². The zero-order valence-electron chi connectivity index (χ0n) is 13.2. The quantitative estimate of drug-likeness (QED) is 0.725. The molecule has 1 fully saturated rings. The number of oxime groups is 1. The van der Waals surface area contributed by atoms with Gasteiger partial charge in [-0.2, -0.15) is 4.98 Å². The third-order valence-electron chi connectivity index (χ3n) is 4.47. The minimum absolute atomic E-state index is 0.409. The first kappa shape index (κ1) is 14.1. The molecule has 1 atom stereocenters. The fraction of sp³-hybridized carbons (Fsp3) is 0.235. The molecule has 124 valence electrons. The molecule has 0 saturated carbocycles. The summed E-state index contributed by atoms with van der Waals surface area (Å²) in [6.45, 7) is 0.804. The van der Waals surface area contributed by atoms with Gasteiger partial charge in [-0.25, -0.2) is 0 Å². The van der Waals surface area contributed by atoms with E-state index in [-0.39, 0.29) is 0 Å². The number of nitrogens with zero attached hydrogens (tertiary/aromatic N) is 6. The van der Waals surface area contributed by atoms with Gasteiger partial charge in [0.05, 0.1) is 0 Å². The summed E-state index contributed by atoms with van der Waals surface area (Å²) in [5.74, 6) is 1.64. The fourth-order valence-electron chi connectivity index (χ4n) is 3.29. The summed E-state index contributed by atoms with van der Waals surface area (Å²) in [4.78, 5) is 20.7. The number of hydrogen-bond donors (Lipinski definition) is 0. The molecule has 5 rings (SSSR count). The Hall–Kier alpha value is -3.29.